The summed E-state index contributed by atoms with van der Waals surface area (Å²) in [5.74, 6) is 1.20. The van der Waals surface area contributed by atoms with Crippen LogP contribution in [0, 0.1) is 0 Å². The monoisotopic (exact) mass is 360 g/mol. The van der Waals surface area contributed by atoms with Crippen molar-refractivity contribution in [2.75, 3.05) is 11.5 Å². The first kappa shape index (κ1) is 18.4. The molecule has 0 bridgehead atoms. The number of carbonyl (C=O) groups excluding carboxylic acids is 2. The average molecular weight is 361 g/mol. The van der Waals surface area contributed by atoms with Crippen LogP contribution in [0.3, 0.4) is 0 Å². The number of nitrogens with one attached hydrogen (secondary N) is 2. The molecule has 0 aliphatic rings. The van der Waals surface area contributed by atoms with Crippen LogP contribution in [0.15, 0.2) is 60.7 Å². The van der Waals surface area contributed by atoms with Gasteiger partial charge in [-0.25, -0.2) is 0 Å². The van der Waals surface area contributed by atoms with E-state index in [-0.39, 0.29) is 10.5 Å². The van der Waals surface area contributed by atoms with Gasteiger partial charge < -0.3 is 10.6 Å². The van der Waals surface area contributed by atoms with E-state index < -0.39 is 0 Å². The maximum Gasteiger partial charge on any atom is 0.279 e. The average Bonchev–Trinajstić information content (AvgIpc) is 2.63. The first-order chi connectivity index (χ1) is 11.7. The van der Waals surface area contributed by atoms with Crippen molar-refractivity contribution < 1.29 is 9.59 Å². The Hall–Kier alpha value is -1.92. The molecule has 0 heterocycles. The second-order valence-electron chi connectivity index (χ2n) is 4.95. The van der Waals surface area contributed by atoms with Gasteiger partial charge in [-0.2, -0.15) is 0 Å². The zero-order valence-corrected chi connectivity index (χ0v) is 14.9. The molecule has 2 N–H and O–H groups in total. The molecule has 2 rings (SSSR count). The molecular formula is C18H20N2O2S2. The van der Waals surface area contributed by atoms with Crippen LogP contribution in [0.2, 0.25) is 0 Å². The summed E-state index contributed by atoms with van der Waals surface area (Å²) in [6.45, 7) is 1.05. The molecule has 2 aromatic rings. The predicted molar refractivity (Wildman–Crippen MR) is 102 cm³/mol. The van der Waals surface area contributed by atoms with Gasteiger partial charge in [0.15, 0.2) is 0 Å². The Morgan fingerprint density at radius 1 is 0.667 bits per heavy atom. The van der Waals surface area contributed by atoms with Crippen molar-refractivity contribution in [3.05, 3.63) is 71.8 Å². The molecule has 0 unspecified atom stereocenters. The standard InChI is InChI=1S/C18H20N2O2S2/c21-17(19-13-15-7-3-1-4-8-15)23-11-12-24-18(22)20-14-16-9-5-2-6-10-16/h1-10H,11-14H2,(H,19,21)(H,20,22). The molecule has 24 heavy (non-hydrogen) atoms. The normalized spacial score (nSPS) is 10.2. The smallest absolute Gasteiger partial charge is 0.279 e. The van der Waals surface area contributed by atoms with Gasteiger partial charge in [0.1, 0.15) is 0 Å². The van der Waals surface area contributed by atoms with E-state index in [0.717, 1.165) is 11.1 Å². The molecule has 0 aromatic heterocycles. The molecule has 0 spiro atoms. The minimum atomic E-state index is -0.0656. The van der Waals surface area contributed by atoms with E-state index in [1.807, 2.05) is 60.7 Å². The lowest BCUT2D eigenvalue weighted by atomic mass is 10.2. The van der Waals surface area contributed by atoms with Crippen molar-refractivity contribution >= 4 is 34.0 Å². The lowest BCUT2D eigenvalue weighted by Crippen LogP contribution is -2.20. The van der Waals surface area contributed by atoms with E-state index in [0.29, 0.717) is 24.6 Å². The van der Waals surface area contributed by atoms with Crippen LogP contribution >= 0.6 is 23.5 Å². The highest BCUT2D eigenvalue weighted by atomic mass is 32.2. The Kier molecular flexibility index (Phi) is 8.27. The highest BCUT2D eigenvalue weighted by Gasteiger charge is 2.05. The Bertz CT molecular complexity index is 578. The molecule has 0 aliphatic carbocycles. The van der Waals surface area contributed by atoms with E-state index >= 15 is 0 Å². The first-order valence-corrected chi connectivity index (χ1v) is 9.60. The third-order valence-corrected chi connectivity index (χ3v) is 5.00. The molecule has 2 aromatic carbocycles. The molecule has 0 fully saturated rings. The number of thioether (sulfide) groups is 2. The summed E-state index contributed by atoms with van der Waals surface area (Å²) in [6.07, 6.45) is 0. The largest absolute Gasteiger partial charge is 0.343 e. The van der Waals surface area contributed by atoms with Gasteiger partial charge in [-0.1, -0.05) is 84.2 Å². The SMILES string of the molecule is O=C(NCc1ccccc1)SCCSC(=O)NCc1ccccc1. The number of hydrogen-bond donors (Lipinski definition) is 2. The summed E-state index contributed by atoms with van der Waals surface area (Å²) in [4.78, 5) is 23.4. The maximum atomic E-state index is 11.7. The van der Waals surface area contributed by atoms with Gasteiger partial charge in [0, 0.05) is 24.6 Å². The Morgan fingerprint density at radius 2 is 1.04 bits per heavy atom. The second-order valence-corrected chi connectivity index (χ2v) is 7.09. The van der Waals surface area contributed by atoms with Crippen LogP contribution in [-0.4, -0.2) is 22.0 Å². The molecule has 4 nitrogen and oxygen atoms in total. The van der Waals surface area contributed by atoms with Crippen molar-refractivity contribution in [1.29, 1.82) is 0 Å². The van der Waals surface area contributed by atoms with E-state index in [1.54, 1.807) is 0 Å². The van der Waals surface area contributed by atoms with Crippen LogP contribution < -0.4 is 10.6 Å². The van der Waals surface area contributed by atoms with Gasteiger partial charge in [-0.3, -0.25) is 9.59 Å². The molecular weight excluding hydrogens is 340 g/mol. The van der Waals surface area contributed by atoms with Gasteiger partial charge in [0.25, 0.3) is 10.5 Å². The molecule has 6 heteroatoms. The fourth-order valence-electron chi connectivity index (χ4n) is 1.91. The van der Waals surface area contributed by atoms with E-state index in [9.17, 15) is 9.59 Å². The van der Waals surface area contributed by atoms with Gasteiger partial charge in [-0.15, -0.1) is 0 Å². The Balaban J connectivity index is 1.52. The van der Waals surface area contributed by atoms with Crippen LogP contribution in [0.4, 0.5) is 9.59 Å². The number of hydrogen-bond acceptors (Lipinski definition) is 4. The summed E-state index contributed by atoms with van der Waals surface area (Å²) in [6, 6.07) is 19.5. The zero-order chi connectivity index (χ0) is 17.0. The van der Waals surface area contributed by atoms with Gasteiger partial charge in [-0.05, 0) is 11.1 Å². The van der Waals surface area contributed by atoms with Crippen molar-refractivity contribution in [3.8, 4) is 0 Å². The zero-order valence-electron chi connectivity index (χ0n) is 13.2. The topological polar surface area (TPSA) is 58.2 Å². The van der Waals surface area contributed by atoms with Crippen LogP contribution in [-0.2, 0) is 13.1 Å². The van der Waals surface area contributed by atoms with Crippen molar-refractivity contribution in [2.24, 2.45) is 0 Å². The number of amides is 2. The van der Waals surface area contributed by atoms with Gasteiger partial charge >= 0.3 is 0 Å². The molecule has 0 radical (unpaired) electrons. The molecule has 0 aliphatic heterocycles. The lowest BCUT2D eigenvalue weighted by Gasteiger charge is -2.06. The minimum Gasteiger partial charge on any atom is -0.343 e. The van der Waals surface area contributed by atoms with Gasteiger partial charge in [0.05, 0.1) is 0 Å². The number of rotatable bonds is 7. The maximum absolute atomic E-state index is 11.7. The van der Waals surface area contributed by atoms with Gasteiger partial charge in [0.2, 0.25) is 0 Å². The van der Waals surface area contributed by atoms with Crippen LogP contribution in [0.25, 0.3) is 0 Å². The first-order valence-electron chi connectivity index (χ1n) is 7.63. The summed E-state index contributed by atoms with van der Waals surface area (Å²) in [5, 5.41) is 5.56. The van der Waals surface area contributed by atoms with E-state index in [1.165, 1.54) is 23.5 Å². The predicted octanol–water partition coefficient (Wildman–Crippen LogP) is 4.27. The molecule has 126 valence electrons. The minimum absolute atomic E-state index is 0.0656. The second kappa shape index (κ2) is 10.8. The number of carbonyl (C=O) groups is 2. The van der Waals surface area contributed by atoms with Crippen molar-refractivity contribution in [1.82, 2.24) is 10.6 Å². The van der Waals surface area contributed by atoms with Crippen molar-refractivity contribution in [2.45, 2.75) is 13.1 Å². The Morgan fingerprint density at radius 3 is 1.42 bits per heavy atom. The molecule has 2 amide bonds. The molecule has 0 saturated carbocycles. The molecule has 0 saturated heterocycles. The fraction of sp³-hybridized carbons (Fsp3) is 0.222. The highest BCUT2D eigenvalue weighted by molar-refractivity contribution is 8.16. The van der Waals surface area contributed by atoms with E-state index in [2.05, 4.69) is 10.6 Å². The highest BCUT2D eigenvalue weighted by Crippen LogP contribution is 2.10. The van der Waals surface area contributed by atoms with Crippen molar-refractivity contribution in [3.63, 3.8) is 0 Å². The summed E-state index contributed by atoms with van der Waals surface area (Å²) < 4.78 is 0. The quantitative estimate of drug-likeness (QED) is 0.724. The third kappa shape index (κ3) is 7.57. The van der Waals surface area contributed by atoms with Crippen LogP contribution in [0.5, 0.6) is 0 Å². The fourth-order valence-corrected chi connectivity index (χ4v) is 3.30. The summed E-state index contributed by atoms with van der Waals surface area (Å²) in [5.41, 5.74) is 2.14. The summed E-state index contributed by atoms with van der Waals surface area (Å²) >= 11 is 2.40. The van der Waals surface area contributed by atoms with E-state index in [4.69, 9.17) is 0 Å². The van der Waals surface area contributed by atoms with Crippen LogP contribution in [0.1, 0.15) is 11.1 Å². The Labute approximate surface area is 150 Å². The summed E-state index contributed by atoms with van der Waals surface area (Å²) in [7, 11) is 0. The lowest BCUT2D eigenvalue weighted by molar-refractivity contribution is 0.259. The molecule has 0 atom stereocenters. The number of benzene rings is 2. The third-order valence-electron chi connectivity index (χ3n) is 3.11.